The fourth-order valence-corrected chi connectivity index (χ4v) is 7.37. The molecule has 1 aromatic carbocycles. The molecule has 2 aromatic rings. The number of nitrogens with zero attached hydrogens (tertiary/aromatic N) is 7. The fourth-order valence-electron chi connectivity index (χ4n) is 7.37. The zero-order valence-electron chi connectivity index (χ0n) is 24.8. The molecule has 0 unspecified atom stereocenters. The number of carbonyl (C=O) groups excluding carboxylic acids is 1. The molecular weight excluding hydrogens is 528 g/mol. The zero-order chi connectivity index (χ0) is 29.2. The van der Waals surface area contributed by atoms with Crippen molar-refractivity contribution in [1.82, 2.24) is 20.2 Å². The molecule has 0 bridgehead atoms. The van der Waals surface area contributed by atoms with Crippen molar-refractivity contribution >= 4 is 23.4 Å². The fraction of sp³-hybridized carbons (Fsp3) is 0.562. The molecule has 3 aliphatic heterocycles. The molecule has 0 radical (unpaired) electrons. The summed E-state index contributed by atoms with van der Waals surface area (Å²) in [6, 6.07) is 11.5. The van der Waals surface area contributed by atoms with Crippen LogP contribution in [0.15, 0.2) is 36.9 Å². The smallest absolute Gasteiger partial charge is 0.246 e. The SMILES string of the molecule is C=CC(=O)N1CCN(c2nc(N3C[C@H](NC)[C@H](OC)C3)nc3c2CC[C@@H](N2CCCc4ccccc42)C3)C[C@@H]1CC#N. The van der Waals surface area contributed by atoms with Gasteiger partial charge in [-0.2, -0.15) is 10.2 Å². The molecule has 42 heavy (non-hydrogen) atoms. The van der Waals surface area contributed by atoms with Gasteiger partial charge in [-0.25, -0.2) is 4.98 Å². The van der Waals surface area contributed by atoms with Gasteiger partial charge in [0.05, 0.1) is 36.4 Å². The van der Waals surface area contributed by atoms with Crippen LogP contribution in [0.2, 0.25) is 0 Å². The van der Waals surface area contributed by atoms with E-state index in [9.17, 15) is 10.1 Å². The van der Waals surface area contributed by atoms with Crippen LogP contribution >= 0.6 is 0 Å². The maximum absolute atomic E-state index is 12.6. The van der Waals surface area contributed by atoms with E-state index in [0.717, 1.165) is 62.8 Å². The number of fused-ring (bicyclic) bond motifs is 2. The minimum atomic E-state index is -0.206. The summed E-state index contributed by atoms with van der Waals surface area (Å²) in [7, 11) is 3.73. The number of rotatable bonds is 7. The van der Waals surface area contributed by atoms with Gasteiger partial charge in [-0.1, -0.05) is 24.8 Å². The van der Waals surface area contributed by atoms with Crippen LogP contribution in [0.1, 0.15) is 36.1 Å². The van der Waals surface area contributed by atoms with Crippen LogP contribution in [0.3, 0.4) is 0 Å². The molecule has 0 spiro atoms. The van der Waals surface area contributed by atoms with Crippen LogP contribution in [-0.4, -0.2) is 98.4 Å². The topological polar surface area (TPSA) is 101 Å². The minimum Gasteiger partial charge on any atom is -0.378 e. The van der Waals surface area contributed by atoms with Crippen molar-refractivity contribution in [3.8, 4) is 6.07 Å². The standard InChI is InChI=1S/C32H42N8O2/c1-4-30(41)40-17-16-37(19-24(40)13-14-33)31-25-12-11-23(39-15-7-9-22-8-5-6-10-28(22)39)18-26(25)35-32(36-31)38-20-27(34-2)29(21-38)42-3/h4-6,8,10,23-24,27,29,34H,1,7,9,11-13,15-21H2,2-3H3/t23-,24+,27+,29-/m1/s1. The van der Waals surface area contributed by atoms with E-state index < -0.39 is 0 Å². The number of nitriles is 1. The van der Waals surface area contributed by atoms with Crippen LogP contribution in [0.4, 0.5) is 17.5 Å². The number of benzene rings is 1. The molecule has 10 heteroatoms. The zero-order valence-corrected chi connectivity index (χ0v) is 24.8. The Labute approximate surface area is 249 Å². The number of hydrogen-bond donors (Lipinski definition) is 1. The highest BCUT2D eigenvalue weighted by Crippen LogP contribution is 2.37. The van der Waals surface area contributed by atoms with Crippen molar-refractivity contribution in [3.63, 3.8) is 0 Å². The highest BCUT2D eigenvalue weighted by Gasteiger charge is 2.38. The molecular formula is C32H42N8O2. The second kappa shape index (κ2) is 12.3. The van der Waals surface area contributed by atoms with Gasteiger partial charge in [0.25, 0.3) is 0 Å². The van der Waals surface area contributed by atoms with Crippen molar-refractivity contribution in [2.75, 3.05) is 68.1 Å². The Balaban J connectivity index is 1.34. The van der Waals surface area contributed by atoms with E-state index in [1.807, 2.05) is 7.05 Å². The number of hydrogen-bond acceptors (Lipinski definition) is 9. The summed E-state index contributed by atoms with van der Waals surface area (Å²) < 4.78 is 5.79. The Morgan fingerprint density at radius 3 is 2.79 bits per heavy atom. The van der Waals surface area contributed by atoms with E-state index in [-0.39, 0.29) is 30.5 Å². The van der Waals surface area contributed by atoms with E-state index in [4.69, 9.17) is 14.7 Å². The van der Waals surface area contributed by atoms with Crippen molar-refractivity contribution in [1.29, 1.82) is 5.26 Å². The predicted molar refractivity (Wildman–Crippen MR) is 164 cm³/mol. The first-order valence-corrected chi connectivity index (χ1v) is 15.3. The van der Waals surface area contributed by atoms with Gasteiger partial charge < -0.3 is 29.7 Å². The maximum atomic E-state index is 12.6. The molecule has 4 heterocycles. The van der Waals surface area contributed by atoms with Crippen LogP contribution in [0.25, 0.3) is 0 Å². The van der Waals surface area contributed by atoms with Crippen LogP contribution in [0, 0.1) is 11.3 Å². The van der Waals surface area contributed by atoms with Crippen molar-refractivity contribution < 1.29 is 9.53 Å². The number of amides is 1. The summed E-state index contributed by atoms with van der Waals surface area (Å²) in [5, 5.41) is 12.9. The van der Waals surface area contributed by atoms with Gasteiger partial charge in [-0.15, -0.1) is 0 Å². The number of nitrogens with one attached hydrogen (secondary N) is 1. The Morgan fingerprint density at radius 1 is 1.17 bits per heavy atom. The Bertz CT molecular complexity index is 1350. The number of methoxy groups -OCH3 is 1. The number of carbonyl (C=O) groups is 1. The lowest BCUT2D eigenvalue weighted by molar-refractivity contribution is -0.128. The van der Waals surface area contributed by atoms with Gasteiger partial charge in [0, 0.05) is 70.1 Å². The molecule has 222 valence electrons. The summed E-state index contributed by atoms with van der Waals surface area (Å²) in [4.78, 5) is 32.0. The number of anilines is 3. The second-order valence-electron chi connectivity index (χ2n) is 11.9. The van der Waals surface area contributed by atoms with Crippen LogP contribution in [-0.2, 0) is 28.8 Å². The van der Waals surface area contributed by atoms with Crippen molar-refractivity contribution in [3.05, 3.63) is 53.7 Å². The molecule has 1 N–H and O–H groups in total. The summed E-state index contributed by atoms with van der Waals surface area (Å²) >= 11 is 0. The molecule has 1 aliphatic carbocycles. The van der Waals surface area contributed by atoms with E-state index in [0.29, 0.717) is 25.7 Å². The van der Waals surface area contributed by atoms with Gasteiger partial charge in [0.15, 0.2) is 0 Å². The lowest BCUT2D eigenvalue weighted by Gasteiger charge is -2.43. The monoisotopic (exact) mass is 570 g/mol. The third-order valence-electron chi connectivity index (χ3n) is 9.59. The largest absolute Gasteiger partial charge is 0.378 e. The van der Waals surface area contributed by atoms with Crippen LogP contribution in [0.5, 0.6) is 0 Å². The first kappa shape index (κ1) is 28.4. The molecule has 10 nitrogen and oxygen atoms in total. The van der Waals surface area contributed by atoms with E-state index in [1.165, 1.54) is 29.3 Å². The summed E-state index contributed by atoms with van der Waals surface area (Å²) in [5.41, 5.74) is 5.15. The third-order valence-corrected chi connectivity index (χ3v) is 9.59. The molecule has 4 aliphatic rings. The number of piperazine rings is 1. The predicted octanol–water partition coefficient (Wildman–Crippen LogP) is 2.33. The summed E-state index contributed by atoms with van der Waals surface area (Å²) in [5.74, 6) is 1.58. The maximum Gasteiger partial charge on any atom is 0.246 e. The number of ether oxygens (including phenoxy) is 1. The van der Waals surface area contributed by atoms with Crippen molar-refractivity contribution in [2.45, 2.75) is 62.8 Å². The quantitative estimate of drug-likeness (QED) is 0.503. The Morgan fingerprint density at radius 2 is 2.02 bits per heavy atom. The van der Waals surface area contributed by atoms with Crippen molar-refractivity contribution in [2.24, 2.45) is 0 Å². The molecule has 6 rings (SSSR count). The summed E-state index contributed by atoms with van der Waals surface area (Å²) in [6.07, 6.45) is 6.82. The third kappa shape index (κ3) is 5.32. The van der Waals surface area contributed by atoms with Gasteiger partial charge >= 0.3 is 0 Å². The molecule has 1 amide bonds. The van der Waals surface area contributed by atoms with Gasteiger partial charge in [-0.3, -0.25) is 4.79 Å². The molecule has 2 saturated heterocycles. The Hall–Kier alpha value is -3.68. The van der Waals surface area contributed by atoms with Gasteiger partial charge in [-0.05, 0) is 50.4 Å². The number of aryl methyl sites for hydroxylation is 1. The van der Waals surface area contributed by atoms with Crippen LogP contribution < -0.4 is 20.0 Å². The molecule has 2 fully saturated rings. The summed E-state index contributed by atoms with van der Waals surface area (Å²) in [6.45, 7) is 8.01. The molecule has 0 saturated carbocycles. The second-order valence-corrected chi connectivity index (χ2v) is 11.9. The molecule has 4 atom stereocenters. The highest BCUT2D eigenvalue weighted by molar-refractivity contribution is 5.87. The number of aromatic nitrogens is 2. The number of likely N-dealkylation sites (N-methyl/N-ethyl adjacent to an activating group) is 1. The first-order chi connectivity index (χ1) is 20.5. The van der Waals surface area contributed by atoms with E-state index in [2.05, 4.69) is 56.9 Å². The highest BCUT2D eigenvalue weighted by atomic mass is 16.5. The lowest BCUT2D eigenvalue weighted by atomic mass is 9.88. The van der Waals surface area contributed by atoms with E-state index in [1.54, 1.807) is 12.0 Å². The molecule has 1 aromatic heterocycles. The van der Waals surface area contributed by atoms with E-state index >= 15 is 0 Å². The average Bonchev–Trinajstić information content (AvgIpc) is 3.47. The van der Waals surface area contributed by atoms with Gasteiger partial charge in [0.2, 0.25) is 11.9 Å². The van der Waals surface area contributed by atoms with Gasteiger partial charge in [0.1, 0.15) is 5.82 Å². The Kier molecular flexibility index (Phi) is 8.31. The lowest BCUT2D eigenvalue weighted by Crippen LogP contribution is -2.55. The average molecular weight is 571 g/mol. The minimum absolute atomic E-state index is 0.0594. The normalized spacial score (nSPS) is 25.5. The first-order valence-electron chi connectivity index (χ1n) is 15.3. The number of para-hydroxylation sites is 1.